The van der Waals surface area contributed by atoms with E-state index < -0.39 is 0 Å². The molecule has 0 aliphatic rings. The minimum Gasteiger partial charge on any atom is -0.310 e. The maximum atomic E-state index is 2.34. The van der Waals surface area contributed by atoms with Crippen LogP contribution in [-0.4, -0.2) is 0 Å². The van der Waals surface area contributed by atoms with Crippen LogP contribution in [0.15, 0.2) is 607 Å². The minimum atomic E-state index is 1.08. The molecule has 0 fully saturated rings. The van der Waals surface area contributed by atoms with Crippen molar-refractivity contribution < 1.29 is 0 Å². The molecule has 0 saturated carbocycles. The van der Waals surface area contributed by atoms with Crippen LogP contribution in [0.1, 0.15) is 0 Å². The molecular weight excluding hydrogens is 1750 g/mol. The number of benzene rings is 24. The quantitative estimate of drug-likeness (QED) is 0.0529. The Morgan fingerprint density at radius 2 is 0.229 bits per heavy atom. The first-order chi connectivity index (χ1) is 71.4. The van der Waals surface area contributed by atoms with Crippen LogP contribution in [0.3, 0.4) is 0 Å². The maximum absolute atomic E-state index is 2.34. The van der Waals surface area contributed by atoms with Gasteiger partial charge in [0, 0.05) is 136 Å². The van der Waals surface area contributed by atoms with E-state index in [-0.39, 0.29) is 0 Å². The molecule has 0 heterocycles. The fourth-order valence-electron chi connectivity index (χ4n) is 19.8. The molecule has 0 amide bonds. The summed E-state index contributed by atoms with van der Waals surface area (Å²) >= 11 is 0. The molecule has 0 N–H and O–H groups in total. The van der Waals surface area contributed by atoms with E-state index in [2.05, 4.69) is 646 Å². The first-order valence-electron chi connectivity index (χ1n) is 49.0. The zero-order valence-corrected chi connectivity index (χ0v) is 79.3. The molecule has 24 aromatic rings. The number of rotatable bonds is 26. The Bertz CT molecular complexity index is 7590. The van der Waals surface area contributed by atoms with Gasteiger partial charge in [0.05, 0.1) is 11.4 Å². The topological polar surface area (TPSA) is 25.9 Å². The maximum Gasteiger partial charge on any atom is 0.0540 e. The highest BCUT2D eigenvalue weighted by Crippen LogP contribution is 2.49. The predicted molar refractivity (Wildman–Crippen MR) is 611 cm³/mol. The second-order valence-electron chi connectivity index (χ2n) is 35.7. The second kappa shape index (κ2) is 41.2. The molecule has 0 bridgehead atoms. The SMILES string of the molecule is c1ccc(N(c2ccc(-c3ccc(N(c4ccccc4)c4ccc5c(N(c6ccccc6)c6ccccc6)cccc5c4)cc3)cc2)c2ccc3c(N(c4ccccc4)c4ccccc4)cccc3c2)cc1.c1ccc(N(c2ccccc2)c2ccc3ccc(N(c4ccccc4)c4ccc(-c5ccc(N(c6ccccc6)c6ccc7ccc(N(c8ccccc8)c8ccccc8)cc7c6)cc5)cc4)cc3c2)cc1. The van der Waals surface area contributed by atoms with Crippen LogP contribution in [0, 0.1) is 0 Å². The summed E-state index contributed by atoms with van der Waals surface area (Å²) in [5.74, 6) is 0. The molecule has 0 aromatic heterocycles. The lowest BCUT2D eigenvalue weighted by atomic mass is 10.0. The third kappa shape index (κ3) is 18.8. The van der Waals surface area contributed by atoms with Gasteiger partial charge in [-0.2, -0.15) is 0 Å². The highest BCUT2D eigenvalue weighted by molar-refractivity contribution is 6.04. The van der Waals surface area contributed by atoms with Crippen molar-refractivity contribution >= 4 is 180 Å². The number of anilines is 24. The molecule has 8 heteroatoms. The van der Waals surface area contributed by atoms with Crippen LogP contribution in [0.5, 0.6) is 0 Å². The van der Waals surface area contributed by atoms with Gasteiger partial charge in [0.1, 0.15) is 0 Å². The Kier molecular flexibility index (Phi) is 25.4. The summed E-state index contributed by atoms with van der Waals surface area (Å²) in [5, 5.41) is 9.37. The second-order valence-corrected chi connectivity index (χ2v) is 35.7. The van der Waals surface area contributed by atoms with Crippen molar-refractivity contribution in [1.29, 1.82) is 0 Å². The molecule has 0 spiro atoms. The van der Waals surface area contributed by atoms with Gasteiger partial charge in [-0.1, -0.05) is 328 Å². The molecule has 0 aliphatic heterocycles. The van der Waals surface area contributed by atoms with Crippen LogP contribution in [-0.2, 0) is 0 Å². The summed E-state index contributed by atoms with van der Waals surface area (Å²) in [4.78, 5) is 18.7. The van der Waals surface area contributed by atoms with Gasteiger partial charge in [0.15, 0.2) is 0 Å². The zero-order chi connectivity index (χ0) is 96.1. The Morgan fingerprint density at radius 1 is 0.0833 bits per heavy atom. The van der Waals surface area contributed by atoms with Crippen molar-refractivity contribution in [1.82, 2.24) is 0 Å². The molecular formula is C136H100N8. The predicted octanol–water partition coefficient (Wildman–Crippen LogP) is 39.1. The van der Waals surface area contributed by atoms with Crippen molar-refractivity contribution in [2.45, 2.75) is 0 Å². The highest BCUT2D eigenvalue weighted by atomic mass is 15.2. The number of hydrogen-bond acceptors (Lipinski definition) is 8. The number of fused-ring (bicyclic) bond motifs is 4. The van der Waals surface area contributed by atoms with Gasteiger partial charge < -0.3 is 39.2 Å². The third-order valence-corrected chi connectivity index (χ3v) is 26.7. The van der Waals surface area contributed by atoms with Crippen molar-refractivity contribution in [2.24, 2.45) is 0 Å². The van der Waals surface area contributed by atoms with Crippen LogP contribution < -0.4 is 39.2 Å². The molecule has 144 heavy (non-hydrogen) atoms. The zero-order valence-electron chi connectivity index (χ0n) is 79.3. The first-order valence-corrected chi connectivity index (χ1v) is 49.0. The summed E-state index contributed by atoms with van der Waals surface area (Å²) in [6.45, 7) is 0. The van der Waals surface area contributed by atoms with Crippen LogP contribution >= 0.6 is 0 Å². The molecule has 24 rings (SSSR count). The fraction of sp³-hybridized carbons (Fsp3) is 0. The summed E-state index contributed by atoms with van der Waals surface area (Å²) in [7, 11) is 0. The van der Waals surface area contributed by atoms with Crippen molar-refractivity contribution in [3.05, 3.63) is 607 Å². The largest absolute Gasteiger partial charge is 0.310 e. The molecule has 684 valence electrons. The van der Waals surface area contributed by atoms with E-state index in [1.54, 1.807) is 0 Å². The Hall–Kier alpha value is -19.3. The Balaban J connectivity index is 0.000000159. The molecule has 24 aromatic carbocycles. The standard InChI is InChI=1S/2C68H50N4/c1-7-23-55(24-8-1)69(63-45-47-65-53(49-63)21-19-35-67(65)71(57-27-11-3-12-28-57)58-29-13-4-14-30-58)61-41-37-51(38-42-61)52-39-43-62(44-40-52)70(56-25-9-2-10-26-56)64-46-48-66-54(50-64)22-20-36-68(66)72(59-31-15-5-16-32-59)60-33-17-6-18-34-60;1-7-19-57(20-8-1)69(58-21-9-2-10-22-58)65-43-35-53-37-45-67(49-55(53)47-65)71(61-27-15-5-16-28-61)63-39-31-51(32-40-63)52-33-41-64(42-34-52)72(62-29-17-6-18-30-62)68-46-38-54-36-44-66(48-56(54)50-68)70(59-23-11-3-12-24-59)60-25-13-4-14-26-60/h2*1-50H. The molecule has 0 atom stereocenters. The van der Waals surface area contributed by atoms with Crippen molar-refractivity contribution in [2.75, 3.05) is 39.2 Å². The number of nitrogens with zero attached hydrogens (tertiary/aromatic N) is 8. The summed E-state index contributed by atoms with van der Waals surface area (Å²) in [6, 6.07) is 217. The van der Waals surface area contributed by atoms with Crippen molar-refractivity contribution in [3.63, 3.8) is 0 Å². The lowest BCUT2D eigenvalue weighted by molar-refractivity contribution is 1.28. The van der Waals surface area contributed by atoms with Gasteiger partial charge >= 0.3 is 0 Å². The van der Waals surface area contributed by atoms with Gasteiger partial charge in [0.2, 0.25) is 0 Å². The van der Waals surface area contributed by atoms with E-state index in [9.17, 15) is 0 Å². The van der Waals surface area contributed by atoms with E-state index in [1.165, 1.54) is 21.5 Å². The van der Waals surface area contributed by atoms with Gasteiger partial charge in [0.25, 0.3) is 0 Å². The molecule has 0 unspecified atom stereocenters. The fourth-order valence-corrected chi connectivity index (χ4v) is 19.8. The summed E-state index contributed by atoms with van der Waals surface area (Å²) < 4.78 is 0. The van der Waals surface area contributed by atoms with E-state index in [1.807, 2.05) is 0 Å². The average Bonchev–Trinajstić information content (AvgIpc) is 0.746. The highest BCUT2D eigenvalue weighted by Gasteiger charge is 2.25. The third-order valence-electron chi connectivity index (χ3n) is 26.7. The minimum absolute atomic E-state index is 1.08. The van der Waals surface area contributed by atoms with E-state index in [4.69, 9.17) is 0 Å². The van der Waals surface area contributed by atoms with Gasteiger partial charge in [-0.3, -0.25) is 0 Å². The first kappa shape index (κ1) is 88.7. The lowest BCUT2D eigenvalue weighted by Crippen LogP contribution is -2.11. The van der Waals surface area contributed by atoms with E-state index in [0.717, 1.165) is 180 Å². The smallest absolute Gasteiger partial charge is 0.0540 e. The number of para-hydroxylation sites is 12. The van der Waals surface area contributed by atoms with Gasteiger partial charge in [-0.15, -0.1) is 0 Å². The molecule has 8 nitrogen and oxygen atoms in total. The van der Waals surface area contributed by atoms with E-state index in [0.29, 0.717) is 0 Å². The van der Waals surface area contributed by atoms with Crippen LogP contribution in [0.25, 0.3) is 65.3 Å². The summed E-state index contributed by atoms with van der Waals surface area (Å²) in [5.41, 5.74) is 31.0. The van der Waals surface area contributed by atoms with Crippen molar-refractivity contribution in [3.8, 4) is 22.3 Å². The average molecular weight is 1850 g/mol. The van der Waals surface area contributed by atoms with Gasteiger partial charge in [-0.25, -0.2) is 0 Å². The Labute approximate surface area is 841 Å². The summed E-state index contributed by atoms with van der Waals surface area (Å²) in [6.07, 6.45) is 0. The molecule has 0 saturated heterocycles. The normalized spacial score (nSPS) is 11.1. The van der Waals surface area contributed by atoms with Crippen LogP contribution in [0.4, 0.5) is 136 Å². The monoisotopic (exact) mass is 1840 g/mol. The Morgan fingerprint density at radius 3 is 0.410 bits per heavy atom. The van der Waals surface area contributed by atoms with Crippen LogP contribution in [0.2, 0.25) is 0 Å². The van der Waals surface area contributed by atoms with Gasteiger partial charge in [-0.05, 0) is 334 Å². The molecule has 0 aliphatic carbocycles. The van der Waals surface area contributed by atoms with E-state index >= 15 is 0 Å². The number of hydrogen-bond donors (Lipinski definition) is 0. The molecule has 0 radical (unpaired) electrons. The lowest BCUT2D eigenvalue weighted by Gasteiger charge is -2.28.